The van der Waals surface area contributed by atoms with Crippen LogP contribution in [0, 0.1) is 6.92 Å². The summed E-state index contributed by atoms with van der Waals surface area (Å²) in [5, 5.41) is 3.75. The Morgan fingerprint density at radius 1 is 1.26 bits per heavy atom. The minimum Gasteiger partial charge on any atom is -0.465 e. The van der Waals surface area contributed by atoms with Gasteiger partial charge in [-0.05, 0) is 44.7 Å². The molecule has 0 spiro atoms. The lowest BCUT2D eigenvalue weighted by Crippen LogP contribution is -2.11. The average molecular weight is 278 g/mol. The molecule has 0 radical (unpaired) electrons. The highest BCUT2D eigenvalue weighted by atomic mass is 35.5. The molecule has 0 saturated heterocycles. The van der Waals surface area contributed by atoms with Crippen LogP contribution >= 0.6 is 11.6 Å². The van der Waals surface area contributed by atoms with Gasteiger partial charge in [-0.15, -0.1) is 0 Å². The number of aryl methyl sites for hydroxylation is 2. The van der Waals surface area contributed by atoms with Crippen molar-refractivity contribution in [1.82, 2.24) is 9.97 Å². The fourth-order valence-corrected chi connectivity index (χ4v) is 2.66. The van der Waals surface area contributed by atoms with E-state index >= 15 is 0 Å². The molecule has 19 heavy (non-hydrogen) atoms. The molecule has 5 heteroatoms. The minimum atomic E-state index is 0.572. The number of aromatic nitrogens is 2. The van der Waals surface area contributed by atoms with Crippen molar-refractivity contribution < 1.29 is 4.42 Å². The van der Waals surface area contributed by atoms with Crippen LogP contribution in [0.4, 0.5) is 5.95 Å². The zero-order valence-corrected chi connectivity index (χ0v) is 11.6. The molecule has 2 heterocycles. The molecule has 100 valence electrons. The maximum absolute atomic E-state index is 6.22. The molecule has 0 aromatic carbocycles. The van der Waals surface area contributed by atoms with Crippen molar-refractivity contribution in [1.29, 1.82) is 0 Å². The van der Waals surface area contributed by atoms with Crippen LogP contribution in [0.25, 0.3) is 0 Å². The van der Waals surface area contributed by atoms with Crippen molar-refractivity contribution in [2.45, 2.75) is 39.2 Å². The number of nitrogens with one attached hydrogen (secondary N) is 1. The van der Waals surface area contributed by atoms with Gasteiger partial charge in [0.2, 0.25) is 5.95 Å². The number of nitrogens with zero attached hydrogens (tertiary/aromatic N) is 2. The first-order valence-electron chi connectivity index (χ1n) is 6.57. The van der Waals surface area contributed by atoms with Crippen molar-refractivity contribution in [3.8, 4) is 0 Å². The molecule has 1 aliphatic rings. The topological polar surface area (TPSA) is 51.0 Å². The molecule has 0 atom stereocenters. The van der Waals surface area contributed by atoms with Crippen molar-refractivity contribution in [2.24, 2.45) is 0 Å². The number of hydrogen-bond acceptors (Lipinski definition) is 4. The highest BCUT2D eigenvalue weighted by Crippen LogP contribution is 2.26. The number of hydrogen-bond donors (Lipinski definition) is 1. The van der Waals surface area contributed by atoms with Gasteiger partial charge in [-0.2, -0.15) is 0 Å². The predicted octanol–water partition coefficient (Wildman–Crippen LogP) is 3.52. The summed E-state index contributed by atoms with van der Waals surface area (Å²) in [4.78, 5) is 8.86. The Morgan fingerprint density at radius 3 is 2.89 bits per heavy atom. The van der Waals surface area contributed by atoms with E-state index in [0.29, 0.717) is 17.6 Å². The van der Waals surface area contributed by atoms with Crippen molar-refractivity contribution in [3.05, 3.63) is 40.1 Å². The number of halogens is 1. The minimum absolute atomic E-state index is 0.572. The largest absolute Gasteiger partial charge is 0.465 e. The van der Waals surface area contributed by atoms with Gasteiger partial charge in [-0.3, -0.25) is 0 Å². The lowest BCUT2D eigenvalue weighted by molar-refractivity contribution is 0.490. The summed E-state index contributed by atoms with van der Waals surface area (Å²) in [6.07, 6.45) is 4.34. The van der Waals surface area contributed by atoms with Gasteiger partial charge in [0.25, 0.3) is 0 Å². The van der Waals surface area contributed by atoms with Crippen LogP contribution in [0.3, 0.4) is 0 Å². The van der Waals surface area contributed by atoms with Gasteiger partial charge >= 0.3 is 0 Å². The molecule has 1 N–H and O–H groups in total. The van der Waals surface area contributed by atoms with Crippen LogP contribution in [0.5, 0.6) is 0 Å². The van der Waals surface area contributed by atoms with E-state index in [1.165, 1.54) is 12.8 Å². The molecule has 2 aromatic heterocycles. The molecule has 0 fully saturated rings. The van der Waals surface area contributed by atoms with Crippen LogP contribution in [0.15, 0.2) is 16.5 Å². The number of anilines is 1. The Balaban J connectivity index is 1.76. The van der Waals surface area contributed by atoms with E-state index in [9.17, 15) is 0 Å². The van der Waals surface area contributed by atoms with Crippen LogP contribution < -0.4 is 5.32 Å². The van der Waals surface area contributed by atoms with E-state index in [1.54, 1.807) is 0 Å². The monoisotopic (exact) mass is 277 g/mol. The van der Waals surface area contributed by atoms with Gasteiger partial charge in [-0.25, -0.2) is 9.97 Å². The second-order valence-corrected chi connectivity index (χ2v) is 5.19. The molecule has 0 saturated carbocycles. The highest BCUT2D eigenvalue weighted by Gasteiger charge is 2.16. The van der Waals surface area contributed by atoms with Gasteiger partial charge in [0.05, 0.1) is 12.2 Å². The lowest BCUT2D eigenvalue weighted by atomic mass is 9.97. The first-order valence-corrected chi connectivity index (χ1v) is 6.94. The van der Waals surface area contributed by atoms with Gasteiger partial charge < -0.3 is 9.73 Å². The third kappa shape index (κ3) is 2.73. The third-order valence-corrected chi connectivity index (χ3v) is 3.66. The van der Waals surface area contributed by atoms with Gasteiger partial charge in [0.15, 0.2) is 0 Å². The van der Waals surface area contributed by atoms with Crippen LogP contribution in [-0.2, 0) is 19.4 Å². The smallest absolute Gasteiger partial charge is 0.224 e. The van der Waals surface area contributed by atoms with Gasteiger partial charge in [0, 0.05) is 5.56 Å². The van der Waals surface area contributed by atoms with E-state index < -0.39 is 0 Å². The van der Waals surface area contributed by atoms with E-state index in [4.69, 9.17) is 16.0 Å². The Bertz CT molecular complexity index is 594. The summed E-state index contributed by atoms with van der Waals surface area (Å²) < 4.78 is 5.50. The summed E-state index contributed by atoms with van der Waals surface area (Å²) in [5.41, 5.74) is 2.21. The molecular formula is C14H16ClN3O. The normalized spacial score (nSPS) is 14.2. The Hall–Kier alpha value is -1.55. The zero-order valence-electron chi connectivity index (χ0n) is 10.9. The molecule has 0 aliphatic heterocycles. The van der Waals surface area contributed by atoms with Gasteiger partial charge in [-0.1, -0.05) is 11.6 Å². The fourth-order valence-electron chi connectivity index (χ4n) is 2.37. The van der Waals surface area contributed by atoms with Crippen LogP contribution in [-0.4, -0.2) is 9.97 Å². The second kappa shape index (κ2) is 5.21. The fraction of sp³-hybridized carbons (Fsp3) is 0.429. The molecule has 0 unspecified atom stereocenters. The molecule has 0 bridgehead atoms. The first kappa shape index (κ1) is 12.5. The van der Waals surface area contributed by atoms with E-state index in [-0.39, 0.29) is 0 Å². The predicted molar refractivity (Wildman–Crippen MR) is 74.5 cm³/mol. The zero-order chi connectivity index (χ0) is 13.2. The number of fused-ring (bicyclic) bond motifs is 1. The summed E-state index contributed by atoms with van der Waals surface area (Å²) in [6.45, 7) is 2.50. The van der Waals surface area contributed by atoms with Crippen LogP contribution in [0.2, 0.25) is 5.15 Å². The second-order valence-electron chi connectivity index (χ2n) is 4.84. The standard InChI is InChI=1S/C14H16ClN3O/c1-9-6-7-10(19-9)8-16-14-17-12-5-3-2-4-11(12)13(15)18-14/h6-7H,2-5,8H2,1H3,(H,16,17,18). The quantitative estimate of drug-likeness (QED) is 0.872. The molecule has 3 rings (SSSR count). The Morgan fingerprint density at radius 2 is 2.11 bits per heavy atom. The Labute approximate surface area is 117 Å². The third-order valence-electron chi connectivity index (χ3n) is 3.35. The number of rotatable bonds is 3. The summed E-state index contributed by atoms with van der Waals surface area (Å²) >= 11 is 6.22. The van der Waals surface area contributed by atoms with Crippen LogP contribution in [0.1, 0.15) is 35.6 Å². The van der Waals surface area contributed by atoms with E-state index in [0.717, 1.165) is 35.6 Å². The molecule has 1 aliphatic carbocycles. The maximum Gasteiger partial charge on any atom is 0.224 e. The lowest BCUT2D eigenvalue weighted by Gasteiger charge is -2.16. The SMILES string of the molecule is Cc1ccc(CNc2nc(Cl)c3c(n2)CCCC3)o1. The van der Waals surface area contributed by atoms with E-state index in [1.807, 2.05) is 19.1 Å². The molecule has 0 amide bonds. The molecule has 2 aromatic rings. The van der Waals surface area contributed by atoms with Crippen molar-refractivity contribution in [3.63, 3.8) is 0 Å². The number of furan rings is 1. The maximum atomic E-state index is 6.22. The summed E-state index contributed by atoms with van der Waals surface area (Å²) in [7, 11) is 0. The average Bonchev–Trinajstić information content (AvgIpc) is 2.82. The Kier molecular flexibility index (Phi) is 3.42. The van der Waals surface area contributed by atoms with Crippen molar-refractivity contribution in [2.75, 3.05) is 5.32 Å². The molecular weight excluding hydrogens is 262 g/mol. The van der Waals surface area contributed by atoms with Gasteiger partial charge in [0.1, 0.15) is 16.7 Å². The van der Waals surface area contributed by atoms with E-state index in [2.05, 4.69) is 15.3 Å². The highest BCUT2D eigenvalue weighted by molar-refractivity contribution is 6.30. The summed E-state index contributed by atoms with van der Waals surface area (Å²) in [5.74, 6) is 2.36. The van der Waals surface area contributed by atoms with Crippen molar-refractivity contribution >= 4 is 17.5 Å². The summed E-state index contributed by atoms with van der Waals surface area (Å²) in [6, 6.07) is 3.89. The molecule has 4 nitrogen and oxygen atoms in total. The first-order chi connectivity index (χ1) is 9.22.